The number of hydrogen-bond donors (Lipinski definition) is 3. The number of carbonyl (C=O) groups excluding carboxylic acids is 2. The van der Waals surface area contributed by atoms with Crippen LogP contribution in [-0.2, 0) is 131 Å². The molecular weight excluding hydrogens is 1530 g/mol. The zero-order valence-corrected chi connectivity index (χ0v) is 67.3. The smallest absolute Gasteiger partial charge is 0.335 e. The Hall–Kier alpha value is -6.34. The van der Waals surface area contributed by atoms with Crippen molar-refractivity contribution in [3.8, 4) is 5.75 Å². The molecule has 0 saturated carbocycles. The van der Waals surface area contributed by atoms with E-state index in [4.69, 9.17) is 85.4 Å². The Labute approximate surface area is 657 Å². The molecule has 3 heterocycles. The lowest BCUT2D eigenvalue weighted by Crippen LogP contribution is -2.33. The van der Waals surface area contributed by atoms with Gasteiger partial charge in [0.05, 0.1) is 204 Å². The standard InChI is InChI=1S/C77H111N3O29S3/c1-60-10-23-73(81)80(60)109-74(82)24-29-95-40-45-103-56-57-107-49-44-99-33-28-79-70-20-18-66(112(89,90)91)59-68(70)77(3,26-31-97-42-47-105-54-51-101-38-35-93-5)72(79)22-12-62-9-7-8-61(75(62)108-63-13-15-64(16-14-63)110(83,84)85)11-21-71-76(2,25-30-96-41-46-104-53-50-100-37-34-92-4)67-58-65(111(86,87)88)17-19-69(67)78(71)27-32-98-43-48-106-55-52-102-39-36-94-6/h11-22,58-59H,1,7-10,23-57H2,2-6H3,(H2-,83,84,85,86,87,88,89,90,91)/p+1. The van der Waals surface area contributed by atoms with E-state index >= 15 is 0 Å². The summed E-state index contributed by atoms with van der Waals surface area (Å²) in [5, 5.41) is 0.929. The molecule has 4 aliphatic rings. The number of carbonyl (C=O) groups is 2. The molecule has 3 N–H and O–H groups in total. The number of rotatable bonds is 60. The number of ether oxygens (including phenoxy) is 17. The molecule has 35 heteroatoms. The minimum Gasteiger partial charge on any atom is -0.457 e. The summed E-state index contributed by atoms with van der Waals surface area (Å²) in [6, 6.07) is 14.3. The molecular formula is C77H112N3O29S3+. The molecule has 7 rings (SSSR count). The molecule has 626 valence electrons. The van der Waals surface area contributed by atoms with Crippen LogP contribution in [0.4, 0.5) is 11.4 Å². The van der Waals surface area contributed by atoms with Crippen LogP contribution in [-0.4, -0.2) is 292 Å². The van der Waals surface area contributed by atoms with Crippen molar-refractivity contribution in [1.82, 2.24) is 5.06 Å². The van der Waals surface area contributed by atoms with Gasteiger partial charge in [-0.2, -0.15) is 29.8 Å². The summed E-state index contributed by atoms with van der Waals surface area (Å²) >= 11 is 0. The molecule has 2 unspecified atom stereocenters. The van der Waals surface area contributed by atoms with Gasteiger partial charge in [0, 0.05) is 82.0 Å². The predicted octanol–water partition coefficient (Wildman–Crippen LogP) is 7.36. The molecule has 0 radical (unpaired) electrons. The van der Waals surface area contributed by atoms with Crippen LogP contribution in [0.1, 0.15) is 76.3 Å². The molecule has 0 aromatic heterocycles. The summed E-state index contributed by atoms with van der Waals surface area (Å²) in [6.45, 7) is 16.7. The van der Waals surface area contributed by atoms with Crippen molar-refractivity contribution in [2.75, 3.05) is 231 Å². The fraction of sp³-hybridized carbons (Fsp3) is 0.597. The van der Waals surface area contributed by atoms with Gasteiger partial charge < -0.3 is 90.3 Å². The van der Waals surface area contributed by atoms with E-state index in [2.05, 4.69) is 6.58 Å². The van der Waals surface area contributed by atoms with Crippen LogP contribution in [0.3, 0.4) is 0 Å². The number of anilines is 1. The third-order valence-electron chi connectivity index (χ3n) is 18.6. The van der Waals surface area contributed by atoms with Gasteiger partial charge in [0.1, 0.15) is 18.1 Å². The minimum atomic E-state index is -4.71. The number of hydrogen-bond acceptors (Lipinski definition) is 27. The highest BCUT2D eigenvalue weighted by molar-refractivity contribution is 7.86. The van der Waals surface area contributed by atoms with Crippen molar-refractivity contribution >= 4 is 59.3 Å². The second kappa shape index (κ2) is 48.9. The number of benzene rings is 3. The minimum absolute atomic E-state index is 0.0615. The number of fused-ring (bicyclic) bond motifs is 2. The summed E-state index contributed by atoms with van der Waals surface area (Å²) in [5.74, 6) is -0.297. The van der Waals surface area contributed by atoms with E-state index in [1.165, 1.54) is 48.5 Å². The predicted molar refractivity (Wildman–Crippen MR) is 409 cm³/mol. The number of methoxy groups -OCH3 is 3. The number of nitrogens with zero attached hydrogens (tertiary/aromatic N) is 3. The number of amides is 1. The highest BCUT2D eigenvalue weighted by Crippen LogP contribution is 2.51. The topological polar surface area (TPSA) is 373 Å². The first-order valence-electron chi connectivity index (χ1n) is 37.4. The lowest BCUT2D eigenvalue weighted by atomic mass is 9.76. The van der Waals surface area contributed by atoms with Crippen LogP contribution in [0.15, 0.2) is 135 Å². The monoisotopic (exact) mass is 1640 g/mol. The van der Waals surface area contributed by atoms with Gasteiger partial charge in [-0.05, 0) is 136 Å². The van der Waals surface area contributed by atoms with Crippen LogP contribution in [0.25, 0.3) is 0 Å². The van der Waals surface area contributed by atoms with E-state index in [1.807, 2.05) is 47.6 Å². The van der Waals surface area contributed by atoms with Crippen LogP contribution in [0.2, 0.25) is 0 Å². The normalized spacial score (nSPS) is 18.2. The second-order valence-electron chi connectivity index (χ2n) is 26.4. The molecule has 3 aromatic rings. The largest absolute Gasteiger partial charge is 0.457 e. The van der Waals surface area contributed by atoms with Crippen molar-refractivity contribution < 1.29 is 138 Å². The van der Waals surface area contributed by atoms with Crippen LogP contribution in [0.5, 0.6) is 5.75 Å². The Bertz CT molecular complexity index is 3950. The van der Waals surface area contributed by atoms with Crippen LogP contribution in [0, 0.1) is 0 Å². The van der Waals surface area contributed by atoms with Crippen molar-refractivity contribution in [3.05, 3.63) is 131 Å². The molecule has 1 fully saturated rings. The second-order valence-corrected chi connectivity index (χ2v) is 30.7. The molecule has 1 aliphatic carbocycles. The molecule has 3 aliphatic heterocycles. The van der Waals surface area contributed by atoms with Gasteiger partial charge in [0.25, 0.3) is 36.3 Å². The van der Waals surface area contributed by atoms with Gasteiger partial charge in [-0.25, -0.2) is 4.79 Å². The van der Waals surface area contributed by atoms with Gasteiger partial charge in [-0.1, -0.05) is 12.7 Å². The van der Waals surface area contributed by atoms with Crippen molar-refractivity contribution in [1.29, 1.82) is 0 Å². The average Bonchev–Trinajstić information content (AvgIpc) is 1.58. The Kier molecular flexibility index (Phi) is 40.5. The summed E-state index contributed by atoms with van der Waals surface area (Å²) in [4.78, 5) is 30.3. The summed E-state index contributed by atoms with van der Waals surface area (Å²) < 4.78 is 207. The lowest BCUT2D eigenvalue weighted by molar-refractivity contribution is -0.442. The van der Waals surface area contributed by atoms with Gasteiger partial charge in [0.2, 0.25) is 5.69 Å². The highest BCUT2D eigenvalue weighted by Gasteiger charge is 2.49. The van der Waals surface area contributed by atoms with Gasteiger partial charge in [0.15, 0.2) is 12.3 Å². The first kappa shape index (κ1) is 92.8. The van der Waals surface area contributed by atoms with E-state index in [-0.39, 0.29) is 165 Å². The Morgan fingerprint density at radius 3 is 1.41 bits per heavy atom. The van der Waals surface area contributed by atoms with E-state index in [0.29, 0.717) is 169 Å². The quantitative estimate of drug-likeness (QED) is 0.0282. The summed E-state index contributed by atoms with van der Waals surface area (Å²) in [6.07, 6.45) is 10.6. The maximum Gasteiger partial charge on any atom is 0.335 e. The number of hydroxylamine groups is 2. The van der Waals surface area contributed by atoms with E-state index < -0.39 is 47.2 Å². The maximum absolute atomic E-state index is 13.0. The Balaban J connectivity index is 1.20. The van der Waals surface area contributed by atoms with Crippen LogP contribution >= 0.6 is 0 Å². The van der Waals surface area contributed by atoms with Crippen LogP contribution < -0.4 is 9.64 Å². The summed E-state index contributed by atoms with van der Waals surface area (Å²) in [5.41, 5.74) is 3.75. The van der Waals surface area contributed by atoms with E-state index in [1.54, 1.807) is 33.5 Å². The van der Waals surface area contributed by atoms with Crippen molar-refractivity contribution in [2.45, 2.75) is 90.7 Å². The zero-order valence-electron chi connectivity index (χ0n) is 64.9. The van der Waals surface area contributed by atoms with E-state index in [0.717, 1.165) is 10.8 Å². The Morgan fingerprint density at radius 2 is 0.929 bits per heavy atom. The molecule has 32 nitrogen and oxygen atoms in total. The molecule has 1 saturated heterocycles. The molecule has 3 aromatic carbocycles. The Morgan fingerprint density at radius 1 is 0.491 bits per heavy atom. The summed E-state index contributed by atoms with van der Waals surface area (Å²) in [7, 11) is -9.22. The van der Waals surface area contributed by atoms with E-state index in [9.17, 15) is 48.5 Å². The fourth-order valence-corrected chi connectivity index (χ4v) is 14.1. The fourth-order valence-electron chi connectivity index (χ4n) is 12.6. The zero-order chi connectivity index (χ0) is 80.7. The third kappa shape index (κ3) is 30.1. The third-order valence-corrected chi connectivity index (χ3v) is 21.1. The first-order valence-corrected chi connectivity index (χ1v) is 41.7. The van der Waals surface area contributed by atoms with Crippen molar-refractivity contribution in [3.63, 3.8) is 0 Å². The average molecular weight is 1640 g/mol. The maximum atomic E-state index is 13.0. The molecule has 0 spiro atoms. The molecule has 112 heavy (non-hydrogen) atoms. The first-order chi connectivity index (χ1) is 53.9. The highest BCUT2D eigenvalue weighted by atomic mass is 32.2. The van der Waals surface area contributed by atoms with Crippen molar-refractivity contribution in [2.24, 2.45) is 0 Å². The molecule has 0 bridgehead atoms. The molecule has 1 amide bonds. The van der Waals surface area contributed by atoms with Gasteiger partial charge in [-0.15, -0.1) is 5.06 Å². The van der Waals surface area contributed by atoms with Gasteiger partial charge >= 0.3 is 5.97 Å². The molecule has 2 atom stereocenters. The SMILES string of the molecule is C=C1CCC(=O)N1OC(=O)CCOCCOCCOCCOCCN1C(=CC=C2CCCC(C=CC3=[N+](CCOCCOCCOCCOC)c4ccc(S(=O)(=O)O)cc4C3(C)CCOCCOCCOCCOC)=C2Oc2ccc(S(=O)(=O)O)cc2)C(C)(CCOCCOCCOCCOC)c2cc(S(=O)(=O)O)ccc21. The van der Waals surface area contributed by atoms with Gasteiger partial charge in [-0.3, -0.25) is 18.5 Å². The lowest BCUT2D eigenvalue weighted by Gasteiger charge is -2.31. The number of allylic oxidation sites excluding steroid dienone is 8.